The molecule has 2 N–H and O–H groups in total. The van der Waals surface area contributed by atoms with Gasteiger partial charge in [0, 0.05) is 45.2 Å². The highest BCUT2D eigenvalue weighted by molar-refractivity contribution is 5.78. The van der Waals surface area contributed by atoms with Gasteiger partial charge in [-0.15, -0.1) is 0 Å². The van der Waals surface area contributed by atoms with Crippen LogP contribution in [0, 0.1) is 0 Å². The number of nitrogens with one attached hydrogen (secondary N) is 2. The summed E-state index contributed by atoms with van der Waals surface area (Å²) in [5, 5.41) is 6.26. The number of methoxy groups -OCH3 is 1. The van der Waals surface area contributed by atoms with Gasteiger partial charge in [-0.2, -0.15) is 0 Å². The molecule has 0 spiro atoms. The first-order valence-corrected chi connectivity index (χ1v) is 7.32. The number of carbonyl (C=O) groups is 2. The Morgan fingerprint density at radius 1 is 1.30 bits per heavy atom. The monoisotopic (exact) mass is 285 g/mol. The van der Waals surface area contributed by atoms with E-state index in [2.05, 4.69) is 24.5 Å². The molecule has 6 heteroatoms. The van der Waals surface area contributed by atoms with Crippen molar-refractivity contribution in [2.45, 2.75) is 45.2 Å². The fourth-order valence-corrected chi connectivity index (χ4v) is 2.26. The molecule has 0 atom stereocenters. The highest BCUT2D eigenvalue weighted by Crippen LogP contribution is 2.10. The molecule has 0 bridgehead atoms. The maximum atomic E-state index is 11.8. The van der Waals surface area contributed by atoms with E-state index < -0.39 is 0 Å². The molecule has 0 radical (unpaired) electrons. The van der Waals surface area contributed by atoms with Gasteiger partial charge in [-0.05, 0) is 12.8 Å². The lowest BCUT2D eigenvalue weighted by molar-refractivity contribution is -0.136. The van der Waals surface area contributed by atoms with Crippen LogP contribution < -0.4 is 10.6 Å². The van der Waals surface area contributed by atoms with E-state index in [-0.39, 0.29) is 24.5 Å². The molecule has 2 amide bonds. The van der Waals surface area contributed by atoms with Crippen molar-refractivity contribution < 1.29 is 14.3 Å². The van der Waals surface area contributed by atoms with Gasteiger partial charge in [0.2, 0.25) is 11.8 Å². The molecule has 1 rings (SSSR count). The number of ether oxygens (including phenoxy) is 1. The second kappa shape index (κ2) is 8.92. The van der Waals surface area contributed by atoms with E-state index in [0.717, 1.165) is 12.8 Å². The highest BCUT2D eigenvalue weighted by Gasteiger charge is 2.23. The molecule has 0 aromatic rings. The van der Waals surface area contributed by atoms with Gasteiger partial charge in [-0.1, -0.05) is 13.8 Å². The van der Waals surface area contributed by atoms with E-state index in [4.69, 9.17) is 4.74 Å². The van der Waals surface area contributed by atoms with Crippen molar-refractivity contribution in [3.8, 4) is 0 Å². The molecule has 0 aliphatic carbocycles. The topological polar surface area (TPSA) is 70.7 Å². The van der Waals surface area contributed by atoms with Gasteiger partial charge in [0.1, 0.15) is 6.61 Å². The predicted octanol–water partition coefficient (Wildman–Crippen LogP) is 0.128. The number of amides is 2. The van der Waals surface area contributed by atoms with Gasteiger partial charge in [0.05, 0.1) is 0 Å². The summed E-state index contributed by atoms with van der Waals surface area (Å²) in [5.74, 6) is 0.109. The van der Waals surface area contributed by atoms with E-state index in [1.165, 1.54) is 7.11 Å². The van der Waals surface area contributed by atoms with E-state index in [9.17, 15) is 9.59 Å². The molecule has 1 aliphatic heterocycles. The maximum absolute atomic E-state index is 11.8. The number of carbonyl (C=O) groups excluding carboxylic acids is 2. The Balaban J connectivity index is 2.18. The Morgan fingerprint density at radius 3 is 2.50 bits per heavy atom. The van der Waals surface area contributed by atoms with Crippen LogP contribution in [0.4, 0.5) is 0 Å². The zero-order valence-corrected chi connectivity index (χ0v) is 12.8. The minimum atomic E-state index is 0.0263. The Labute approximate surface area is 121 Å². The molecular weight excluding hydrogens is 258 g/mol. The van der Waals surface area contributed by atoms with Crippen LogP contribution in [0.5, 0.6) is 0 Å². The fraction of sp³-hybridized carbons (Fsp3) is 0.857. The molecule has 0 aromatic heterocycles. The SMILES string of the molecule is COCC(=O)N1CCC(NC(=O)CCNC(C)C)CC1. The smallest absolute Gasteiger partial charge is 0.248 e. The Kier molecular flexibility index (Phi) is 7.54. The van der Waals surface area contributed by atoms with E-state index in [1.807, 2.05) is 0 Å². The second-order valence-electron chi connectivity index (χ2n) is 5.51. The zero-order valence-electron chi connectivity index (χ0n) is 12.8. The average molecular weight is 285 g/mol. The number of hydrogen-bond donors (Lipinski definition) is 2. The van der Waals surface area contributed by atoms with Crippen LogP contribution in [-0.2, 0) is 14.3 Å². The number of piperidine rings is 1. The standard InChI is InChI=1S/C14H27N3O3/c1-11(2)15-7-4-13(18)16-12-5-8-17(9-6-12)14(19)10-20-3/h11-12,15H,4-10H2,1-3H3,(H,16,18). The second-order valence-corrected chi connectivity index (χ2v) is 5.51. The molecule has 1 aliphatic rings. The van der Waals surface area contributed by atoms with Crippen LogP contribution in [0.25, 0.3) is 0 Å². The van der Waals surface area contributed by atoms with Crippen molar-refractivity contribution in [2.75, 3.05) is 33.4 Å². The third-order valence-electron chi connectivity index (χ3n) is 3.39. The number of likely N-dealkylation sites (tertiary alicyclic amines) is 1. The molecule has 0 aromatic carbocycles. The van der Waals surface area contributed by atoms with Crippen LogP contribution in [0.1, 0.15) is 33.1 Å². The lowest BCUT2D eigenvalue weighted by atomic mass is 10.0. The number of nitrogens with zero attached hydrogens (tertiary/aromatic N) is 1. The van der Waals surface area contributed by atoms with Crippen molar-refractivity contribution in [2.24, 2.45) is 0 Å². The van der Waals surface area contributed by atoms with Gasteiger partial charge in [0.15, 0.2) is 0 Å². The molecule has 1 saturated heterocycles. The predicted molar refractivity (Wildman–Crippen MR) is 77.4 cm³/mol. The van der Waals surface area contributed by atoms with Crippen LogP contribution >= 0.6 is 0 Å². The molecule has 6 nitrogen and oxygen atoms in total. The Bertz CT molecular complexity index is 313. The summed E-state index contributed by atoms with van der Waals surface area (Å²) in [6.45, 7) is 6.34. The maximum Gasteiger partial charge on any atom is 0.248 e. The van der Waals surface area contributed by atoms with Gasteiger partial charge in [-0.3, -0.25) is 9.59 Å². The summed E-state index contributed by atoms with van der Waals surface area (Å²) in [6, 6.07) is 0.589. The minimum absolute atomic E-state index is 0.0263. The van der Waals surface area contributed by atoms with Gasteiger partial charge in [-0.25, -0.2) is 0 Å². The molecule has 0 saturated carbocycles. The Morgan fingerprint density at radius 2 is 1.95 bits per heavy atom. The van der Waals surface area contributed by atoms with Crippen molar-refractivity contribution in [1.82, 2.24) is 15.5 Å². The molecule has 1 fully saturated rings. The van der Waals surface area contributed by atoms with Crippen molar-refractivity contribution in [3.63, 3.8) is 0 Å². The van der Waals surface area contributed by atoms with Crippen LogP contribution in [0.15, 0.2) is 0 Å². The molecule has 116 valence electrons. The van der Waals surface area contributed by atoms with E-state index in [0.29, 0.717) is 32.1 Å². The number of hydrogen-bond acceptors (Lipinski definition) is 4. The first-order valence-electron chi connectivity index (χ1n) is 7.32. The van der Waals surface area contributed by atoms with E-state index in [1.54, 1.807) is 4.90 Å². The first-order chi connectivity index (χ1) is 9.52. The molecule has 1 heterocycles. The van der Waals surface area contributed by atoms with Crippen LogP contribution in [0.3, 0.4) is 0 Å². The number of rotatable bonds is 7. The molecular formula is C14H27N3O3. The summed E-state index contributed by atoms with van der Waals surface area (Å²) in [4.78, 5) is 25.2. The van der Waals surface area contributed by atoms with Gasteiger partial charge >= 0.3 is 0 Å². The van der Waals surface area contributed by atoms with Crippen molar-refractivity contribution >= 4 is 11.8 Å². The van der Waals surface area contributed by atoms with Crippen LogP contribution in [-0.4, -0.2) is 62.1 Å². The van der Waals surface area contributed by atoms with Crippen LogP contribution in [0.2, 0.25) is 0 Å². The zero-order chi connectivity index (χ0) is 15.0. The van der Waals surface area contributed by atoms with Crippen molar-refractivity contribution in [3.05, 3.63) is 0 Å². The largest absolute Gasteiger partial charge is 0.375 e. The highest BCUT2D eigenvalue weighted by atomic mass is 16.5. The minimum Gasteiger partial charge on any atom is -0.375 e. The van der Waals surface area contributed by atoms with Gasteiger partial charge in [0.25, 0.3) is 0 Å². The summed E-state index contributed by atoms with van der Waals surface area (Å²) in [6.07, 6.45) is 2.14. The Hall–Kier alpha value is -1.14. The average Bonchev–Trinajstić information content (AvgIpc) is 2.39. The fourth-order valence-electron chi connectivity index (χ4n) is 2.26. The van der Waals surface area contributed by atoms with E-state index >= 15 is 0 Å². The molecule has 0 unspecified atom stereocenters. The lowest BCUT2D eigenvalue weighted by Crippen LogP contribution is -2.47. The summed E-state index contributed by atoms with van der Waals surface area (Å²) < 4.78 is 4.84. The van der Waals surface area contributed by atoms with Gasteiger partial charge < -0.3 is 20.3 Å². The summed E-state index contributed by atoms with van der Waals surface area (Å²) in [7, 11) is 1.52. The van der Waals surface area contributed by atoms with Crippen molar-refractivity contribution in [1.29, 1.82) is 0 Å². The third kappa shape index (κ3) is 6.34. The summed E-state index contributed by atoms with van der Waals surface area (Å²) >= 11 is 0. The normalized spacial score (nSPS) is 16.5. The first kappa shape index (κ1) is 16.9. The third-order valence-corrected chi connectivity index (χ3v) is 3.39. The quantitative estimate of drug-likeness (QED) is 0.697. The summed E-state index contributed by atoms with van der Waals surface area (Å²) in [5.41, 5.74) is 0. The molecule has 20 heavy (non-hydrogen) atoms. The lowest BCUT2D eigenvalue weighted by Gasteiger charge is -2.32.